The fourth-order valence-corrected chi connectivity index (χ4v) is 3.20. The van der Waals surface area contributed by atoms with Gasteiger partial charge in [0.25, 0.3) is 0 Å². The maximum absolute atomic E-state index is 12.0. The number of hydrogen-bond donors (Lipinski definition) is 1. The van der Waals surface area contributed by atoms with Crippen LogP contribution in [-0.4, -0.2) is 29.5 Å². The van der Waals surface area contributed by atoms with Gasteiger partial charge in [0.2, 0.25) is 0 Å². The summed E-state index contributed by atoms with van der Waals surface area (Å²) in [5, 5.41) is 8.13. The Morgan fingerprint density at radius 2 is 1.93 bits per heavy atom. The second kappa shape index (κ2) is 3.76. The van der Waals surface area contributed by atoms with Crippen molar-refractivity contribution in [3.8, 4) is 0 Å². The van der Waals surface area contributed by atoms with E-state index >= 15 is 0 Å². The molecule has 0 aromatic heterocycles. The highest BCUT2D eigenvalue weighted by Gasteiger charge is 2.49. The third kappa shape index (κ3) is 2.31. The highest BCUT2D eigenvalue weighted by molar-refractivity contribution is 7.55. The molecule has 1 fully saturated rings. The SMILES string of the molecule is CC1(C)COP(=O)(C(C)(O)CCl)OC1. The lowest BCUT2D eigenvalue weighted by molar-refractivity contribution is 0.00742. The zero-order valence-corrected chi connectivity index (χ0v) is 10.3. The summed E-state index contributed by atoms with van der Waals surface area (Å²) in [6, 6.07) is 0. The van der Waals surface area contributed by atoms with Gasteiger partial charge in [0.1, 0.15) is 0 Å². The monoisotopic (exact) mass is 242 g/mol. The first kappa shape index (κ1) is 12.5. The van der Waals surface area contributed by atoms with Crippen LogP contribution in [0, 0.1) is 5.41 Å². The number of halogens is 1. The van der Waals surface area contributed by atoms with E-state index in [4.69, 9.17) is 20.6 Å². The van der Waals surface area contributed by atoms with E-state index in [0.717, 1.165) is 0 Å². The molecule has 84 valence electrons. The molecule has 14 heavy (non-hydrogen) atoms. The first-order chi connectivity index (χ1) is 6.22. The van der Waals surface area contributed by atoms with E-state index in [-0.39, 0.29) is 11.3 Å². The molecule has 1 heterocycles. The van der Waals surface area contributed by atoms with Gasteiger partial charge in [0.05, 0.1) is 19.1 Å². The Kier molecular flexibility index (Phi) is 3.35. The maximum atomic E-state index is 12.0. The first-order valence-corrected chi connectivity index (χ1v) is 6.48. The topological polar surface area (TPSA) is 55.8 Å². The summed E-state index contributed by atoms with van der Waals surface area (Å²) in [4.78, 5) is 0. The minimum atomic E-state index is -3.47. The molecule has 0 spiro atoms. The van der Waals surface area contributed by atoms with Crippen LogP contribution in [0.3, 0.4) is 0 Å². The third-order valence-corrected chi connectivity index (χ3v) is 5.08. The normalized spacial score (nSPS) is 29.5. The molecule has 0 amide bonds. The Bertz CT molecular complexity index is 250. The molecule has 0 bridgehead atoms. The predicted octanol–water partition coefficient (Wildman–Crippen LogP) is 2.20. The van der Waals surface area contributed by atoms with E-state index in [2.05, 4.69) is 0 Å². The Morgan fingerprint density at radius 1 is 1.50 bits per heavy atom. The standard InChI is InChI=1S/C8H16ClO4P/c1-7(2)5-12-14(11,13-6-7)8(3,10)4-9/h10H,4-6H2,1-3H3. The largest absolute Gasteiger partial charge is 0.377 e. The fraction of sp³-hybridized carbons (Fsp3) is 1.00. The summed E-state index contributed by atoms with van der Waals surface area (Å²) < 4.78 is 22.3. The van der Waals surface area contributed by atoms with E-state index in [1.807, 2.05) is 13.8 Å². The molecule has 0 radical (unpaired) electrons. The molecular formula is C8H16ClO4P. The zero-order chi connectivity index (χ0) is 11.0. The molecular weight excluding hydrogens is 227 g/mol. The highest BCUT2D eigenvalue weighted by atomic mass is 35.5. The van der Waals surface area contributed by atoms with Crippen molar-refractivity contribution in [3.05, 3.63) is 0 Å². The molecule has 1 N–H and O–H groups in total. The van der Waals surface area contributed by atoms with Crippen LogP contribution in [0.1, 0.15) is 20.8 Å². The molecule has 0 aromatic carbocycles. The van der Waals surface area contributed by atoms with Crippen molar-refractivity contribution >= 4 is 19.2 Å². The van der Waals surface area contributed by atoms with Crippen molar-refractivity contribution in [3.63, 3.8) is 0 Å². The van der Waals surface area contributed by atoms with E-state index in [9.17, 15) is 9.67 Å². The van der Waals surface area contributed by atoms with Gasteiger partial charge in [-0.2, -0.15) is 0 Å². The number of rotatable bonds is 2. The van der Waals surface area contributed by atoms with E-state index < -0.39 is 12.9 Å². The molecule has 1 unspecified atom stereocenters. The van der Waals surface area contributed by atoms with Crippen LogP contribution >= 0.6 is 19.2 Å². The fourth-order valence-electron chi connectivity index (χ4n) is 0.950. The van der Waals surface area contributed by atoms with Crippen LogP contribution in [0.15, 0.2) is 0 Å². The lowest BCUT2D eigenvalue weighted by Crippen LogP contribution is -2.37. The number of aliphatic hydroxyl groups is 1. The van der Waals surface area contributed by atoms with Gasteiger partial charge in [0.15, 0.2) is 5.34 Å². The summed E-state index contributed by atoms with van der Waals surface area (Å²) in [5.41, 5.74) is -0.170. The van der Waals surface area contributed by atoms with E-state index in [0.29, 0.717) is 13.2 Å². The van der Waals surface area contributed by atoms with Crippen molar-refractivity contribution in [2.24, 2.45) is 5.41 Å². The van der Waals surface area contributed by atoms with Gasteiger partial charge in [-0.05, 0) is 6.92 Å². The van der Waals surface area contributed by atoms with Crippen LogP contribution < -0.4 is 0 Å². The average Bonchev–Trinajstić information content (AvgIpc) is 2.10. The van der Waals surface area contributed by atoms with Gasteiger partial charge < -0.3 is 14.2 Å². The second-order valence-electron chi connectivity index (χ2n) is 4.56. The summed E-state index contributed by atoms with van der Waals surface area (Å²) in [7, 11) is -3.47. The smallest absolute Gasteiger partial charge is 0.362 e. The maximum Gasteiger partial charge on any atom is 0.362 e. The van der Waals surface area contributed by atoms with Crippen LogP contribution in [0.5, 0.6) is 0 Å². The Morgan fingerprint density at radius 3 is 2.29 bits per heavy atom. The quantitative estimate of drug-likeness (QED) is 0.596. The summed E-state index contributed by atoms with van der Waals surface area (Å²) in [6.45, 7) is 5.84. The van der Waals surface area contributed by atoms with Crippen LogP contribution in [0.2, 0.25) is 0 Å². The Balaban J connectivity index is 2.77. The highest BCUT2D eigenvalue weighted by Crippen LogP contribution is 2.62. The van der Waals surface area contributed by atoms with E-state index in [1.165, 1.54) is 6.92 Å². The lowest BCUT2D eigenvalue weighted by atomic mass is 9.97. The predicted molar refractivity (Wildman–Crippen MR) is 54.6 cm³/mol. The minimum Gasteiger partial charge on any atom is -0.377 e. The third-order valence-electron chi connectivity index (χ3n) is 2.09. The van der Waals surface area contributed by atoms with Crippen LogP contribution in [-0.2, 0) is 13.6 Å². The van der Waals surface area contributed by atoms with Crippen molar-refractivity contribution in [2.75, 3.05) is 19.1 Å². The summed E-state index contributed by atoms with van der Waals surface area (Å²) in [6.07, 6.45) is 0. The molecule has 1 aliphatic rings. The molecule has 0 aromatic rings. The average molecular weight is 243 g/mol. The Hall–Kier alpha value is 0.400. The van der Waals surface area contributed by atoms with Crippen molar-refractivity contribution in [1.29, 1.82) is 0 Å². The first-order valence-electron chi connectivity index (χ1n) is 4.40. The van der Waals surface area contributed by atoms with Crippen LogP contribution in [0.4, 0.5) is 0 Å². The lowest BCUT2D eigenvalue weighted by Gasteiger charge is -2.39. The molecule has 0 saturated carbocycles. The minimum absolute atomic E-state index is 0.170. The molecule has 1 rings (SSSR count). The number of hydrogen-bond acceptors (Lipinski definition) is 4. The molecule has 6 heteroatoms. The Labute approximate surface area is 89.1 Å². The van der Waals surface area contributed by atoms with Gasteiger partial charge in [-0.3, -0.25) is 4.57 Å². The van der Waals surface area contributed by atoms with Gasteiger partial charge in [0, 0.05) is 5.41 Å². The molecule has 4 nitrogen and oxygen atoms in total. The van der Waals surface area contributed by atoms with Crippen molar-refractivity contribution in [1.82, 2.24) is 0 Å². The van der Waals surface area contributed by atoms with Crippen LogP contribution in [0.25, 0.3) is 0 Å². The van der Waals surface area contributed by atoms with E-state index in [1.54, 1.807) is 0 Å². The van der Waals surface area contributed by atoms with Gasteiger partial charge in [-0.15, -0.1) is 11.6 Å². The number of alkyl halides is 1. The van der Waals surface area contributed by atoms with Gasteiger partial charge in [-0.25, -0.2) is 0 Å². The molecule has 1 atom stereocenters. The molecule has 1 aliphatic heterocycles. The second-order valence-corrected chi connectivity index (χ2v) is 7.30. The summed E-state index contributed by atoms with van der Waals surface area (Å²) in [5.74, 6) is -0.176. The zero-order valence-electron chi connectivity index (χ0n) is 8.62. The molecule has 0 aliphatic carbocycles. The molecule has 1 saturated heterocycles. The summed E-state index contributed by atoms with van der Waals surface area (Å²) >= 11 is 5.51. The van der Waals surface area contributed by atoms with Gasteiger partial charge >= 0.3 is 7.60 Å². The van der Waals surface area contributed by atoms with Crippen molar-refractivity contribution < 1.29 is 18.7 Å². The van der Waals surface area contributed by atoms with Gasteiger partial charge in [-0.1, -0.05) is 13.8 Å². The van der Waals surface area contributed by atoms with Crippen molar-refractivity contribution in [2.45, 2.75) is 26.1 Å².